The average molecular weight is 438 g/mol. The first-order chi connectivity index (χ1) is 13.4. The van der Waals surface area contributed by atoms with Crippen LogP contribution in [0.5, 0.6) is 11.5 Å². The van der Waals surface area contributed by atoms with Gasteiger partial charge in [0.15, 0.2) is 5.75 Å². The van der Waals surface area contributed by atoms with Gasteiger partial charge in [-0.2, -0.15) is 0 Å². The minimum atomic E-state index is -0.123. The van der Waals surface area contributed by atoms with Crippen LogP contribution < -0.4 is 10.1 Å². The number of aromatic hydroxyl groups is 1. The van der Waals surface area contributed by atoms with E-state index in [-0.39, 0.29) is 10.8 Å². The summed E-state index contributed by atoms with van der Waals surface area (Å²) in [6.07, 6.45) is 0.831. The lowest BCUT2D eigenvalue weighted by atomic mass is 9.78. The molecule has 29 heavy (non-hydrogen) atoms. The highest BCUT2D eigenvalue weighted by atomic mass is 35.5. The number of hydrogen-bond donors (Lipinski definition) is 2. The second-order valence-corrected chi connectivity index (χ2v) is 10.3. The molecule has 2 aromatic rings. The third-order valence-corrected chi connectivity index (χ3v) is 5.37. The van der Waals surface area contributed by atoms with Crippen LogP contribution in [0.25, 0.3) is 0 Å². The minimum Gasteiger partial charge on any atom is -0.507 e. The lowest BCUT2D eigenvalue weighted by Gasteiger charge is -2.28. The van der Waals surface area contributed by atoms with Gasteiger partial charge in [0.1, 0.15) is 5.75 Å². The maximum absolute atomic E-state index is 10.8. The molecule has 5 heteroatoms. The first-order valence-electron chi connectivity index (χ1n) is 10.1. The van der Waals surface area contributed by atoms with Crippen molar-refractivity contribution in [1.82, 2.24) is 5.32 Å². The Kier molecular flexibility index (Phi) is 7.89. The monoisotopic (exact) mass is 437 g/mol. The highest BCUT2D eigenvalue weighted by molar-refractivity contribution is 6.37. The largest absolute Gasteiger partial charge is 0.507 e. The third-order valence-electron chi connectivity index (χ3n) is 4.78. The number of phenols is 1. The van der Waals surface area contributed by atoms with E-state index in [1.807, 2.05) is 0 Å². The van der Waals surface area contributed by atoms with Crippen LogP contribution in [-0.4, -0.2) is 18.3 Å². The molecule has 0 bridgehead atoms. The molecule has 0 aromatic heterocycles. The van der Waals surface area contributed by atoms with E-state index in [4.69, 9.17) is 27.9 Å². The molecule has 0 radical (unpaired) electrons. The number of para-hydroxylation sites is 1. The van der Waals surface area contributed by atoms with Gasteiger partial charge in [-0.05, 0) is 52.6 Å². The Balaban J connectivity index is 1.97. The fourth-order valence-electron chi connectivity index (χ4n) is 3.16. The molecular formula is C24H33Cl2NO2. The number of nitrogens with one attached hydrogen (secondary N) is 1. The molecule has 0 spiro atoms. The average Bonchev–Trinajstić information content (AvgIpc) is 2.59. The quantitative estimate of drug-likeness (QED) is 0.465. The van der Waals surface area contributed by atoms with Gasteiger partial charge in [0.2, 0.25) is 0 Å². The molecule has 160 valence electrons. The van der Waals surface area contributed by atoms with Gasteiger partial charge in [0, 0.05) is 6.54 Å². The first kappa shape index (κ1) is 23.9. The van der Waals surface area contributed by atoms with Gasteiger partial charge in [-0.1, -0.05) is 82.9 Å². The second-order valence-electron chi connectivity index (χ2n) is 9.47. The molecule has 0 aliphatic rings. The van der Waals surface area contributed by atoms with Gasteiger partial charge < -0.3 is 15.2 Å². The molecular weight excluding hydrogens is 405 g/mol. The van der Waals surface area contributed by atoms with Gasteiger partial charge >= 0.3 is 0 Å². The fourth-order valence-corrected chi connectivity index (χ4v) is 3.67. The summed E-state index contributed by atoms with van der Waals surface area (Å²) in [7, 11) is 0. The molecule has 0 unspecified atom stereocenters. The highest BCUT2D eigenvalue weighted by Crippen LogP contribution is 2.39. The van der Waals surface area contributed by atoms with Crippen molar-refractivity contribution in [2.24, 2.45) is 0 Å². The van der Waals surface area contributed by atoms with Crippen LogP contribution >= 0.6 is 23.2 Å². The van der Waals surface area contributed by atoms with Crippen molar-refractivity contribution in [3.05, 3.63) is 57.1 Å². The van der Waals surface area contributed by atoms with Crippen molar-refractivity contribution in [3.63, 3.8) is 0 Å². The van der Waals surface area contributed by atoms with Crippen LogP contribution in [0.1, 0.15) is 64.7 Å². The Hall–Kier alpha value is -1.42. The summed E-state index contributed by atoms with van der Waals surface area (Å²) < 4.78 is 5.73. The second kappa shape index (κ2) is 9.59. The zero-order valence-electron chi connectivity index (χ0n) is 18.3. The van der Waals surface area contributed by atoms with Crippen LogP contribution in [0.3, 0.4) is 0 Å². The number of phenolic OH excluding ortho intramolecular Hbond substituents is 1. The van der Waals surface area contributed by atoms with Crippen molar-refractivity contribution in [2.75, 3.05) is 13.2 Å². The van der Waals surface area contributed by atoms with Crippen LogP contribution in [0.2, 0.25) is 10.0 Å². The van der Waals surface area contributed by atoms with E-state index in [1.165, 1.54) is 5.56 Å². The van der Waals surface area contributed by atoms with Crippen molar-refractivity contribution in [1.29, 1.82) is 0 Å². The van der Waals surface area contributed by atoms with Gasteiger partial charge in [-0.25, -0.2) is 0 Å². The Labute approximate surface area is 185 Å². The molecule has 2 aromatic carbocycles. The molecule has 0 saturated carbocycles. The van der Waals surface area contributed by atoms with E-state index in [9.17, 15) is 5.11 Å². The molecule has 0 amide bonds. The molecule has 0 saturated heterocycles. The molecule has 0 fully saturated rings. The zero-order chi connectivity index (χ0) is 21.8. The number of rotatable bonds is 7. The smallest absolute Gasteiger partial charge is 0.156 e. The number of halogens is 2. The topological polar surface area (TPSA) is 41.5 Å². The van der Waals surface area contributed by atoms with E-state index < -0.39 is 0 Å². The summed E-state index contributed by atoms with van der Waals surface area (Å²) >= 11 is 12.2. The van der Waals surface area contributed by atoms with Crippen LogP contribution in [0.15, 0.2) is 30.3 Å². The van der Waals surface area contributed by atoms with Gasteiger partial charge in [0.05, 0.1) is 16.7 Å². The summed E-state index contributed by atoms with van der Waals surface area (Å²) in [4.78, 5) is 0. The van der Waals surface area contributed by atoms with Crippen LogP contribution in [0, 0.1) is 0 Å². The van der Waals surface area contributed by atoms with E-state index in [0.717, 1.165) is 30.6 Å². The van der Waals surface area contributed by atoms with Crippen molar-refractivity contribution >= 4 is 23.2 Å². The molecule has 0 aliphatic carbocycles. The number of hydrogen-bond acceptors (Lipinski definition) is 3. The van der Waals surface area contributed by atoms with E-state index in [0.29, 0.717) is 28.2 Å². The van der Waals surface area contributed by atoms with Crippen molar-refractivity contribution in [3.8, 4) is 11.5 Å². The molecule has 3 nitrogen and oxygen atoms in total. The third kappa shape index (κ3) is 6.53. The standard InChI is InChI=1S/C24H33Cl2NO2/c1-23(2,3)17-13-16(14-18(21(17)28)24(4,5)6)15-27-11-8-12-29-22-19(25)9-7-10-20(22)26/h7,9-10,13-14,27-28H,8,11-12,15H2,1-6H3. The van der Waals surface area contributed by atoms with Gasteiger partial charge in [-0.15, -0.1) is 0 Å². The van der Waals surface area contributed by atoms with Gasteiger partial charge in [-0.3, -0.25) is 0 Å². The zero-order valence-corrected chi connectivity index (χ0v) is 19.8. The minimum absolute atomic E-state index is 0.123. The fraction of sp³-hybridized carbons (Fsp3) is 0.500. The molecule has 0 atom stereocenters. The molecule has 2 N–H and O–H groups in total. The molecule has 0 aliphatic heterocycles. The predicted molar refractivity (Wildman–Crippen MR) is 124 cm³/mol. The number of ether oxygens (including phenoxy) is 1. The summed E-state index contributed by atoms with van der Waals surface area (Å²) in [6.45, 7) is 14.8. The van der Waals surface area contributed by atoms with Crippen molar-refractivity contribution < 1.29 is 9.84 Å². The first-order valence-corrected chi connectivity index (χ1v) is 10.8. The Bertz CT molecular complexity index is 780. The number of benzene rings is 2. The lowest BCUT2D eigenvalue weighted by molar-refractivity contribution is 0.308. The Morgan fingerprint density at radius 1 is 0.931 bits per heavy atom. The molecule has 0 heterocycles. The van der Waals surface area contributed by atoms with Crippen LogP contribution in [-0.2, 0) is 17.4 Å². The normalized spacial score (nSPS) is 12.3. The highest BCUT2D eigenvalue weighted by Gasteiger charge is 2.26. The SMILES string of the molecule is CC(C)(C)c1cc(CNCCCOc2c(Cl)cccc2Cl)cc(C(C)(C)C)c1O. The summed E-state index contributed by atoms with van der Waals surface area (Å²) in [5.41, 5.74) is 2.90. The van der Waals surface area contributed by atoms with Crippen molar-refractivity contribution in [2.45, 2.75) is 65.3 Å². The van der Waals surface area contributed by atoms with E-state index in [1.54, 1.807) is 18.2 Å². The molecule has 2 rings (SSSR count). The predicted octanol–water partition coefficient (Wildman–Crippen LogP) is 6.85. The maximum Gasteiger partial charge on any atom is 0.156 e. The van der Waals surface area contributed by atoms with E-state index >= 15 is 0 Å². The Morgan fingerprint density at radius 3 is 1.93 bits per heavy atom. The summed E-state index contributed by atoms with van der Waals surface area (Å²) in [5.74, 6) is 0.956. The Morgan fingerprint density at radius 2 is 1.45 bits per heavy atom. The summed E-state index contributed by atoms with van der Waals surface area (Å²) in [5, 5.41) is 15.3. The maximum atomic E-state index is 10.8. The summed E-state index contributed by atoms with van der Waals surface area (Å²) in [6, 6.07) is 9.56. The lowest BCUT2D eigenvalue weighted by Crippen LogP contribution is -2.21. The van der Waals surface area contributed by atoms with Gasteiger partial charge in [0.25, 0.3) is 0 Å². The van der Waals surface area contributed by atoms with E-state index in [2.05, 4.69) is 59.0 Å². The van der Waals surface area contributed by atoms with Crippen LogP contribution in [0.4, 0.5) is 0 Å².